The number of carbonyl (C=O) groups excluding carboxylic acids is 1. The molecule has 1 aromatic carbocycles. The molecule has 1 aromatic heterocycles. The summed E-state index contributed by atoms with van der Waals surface area (Å²) in [5.41, 5.74) is 8.62. The largest absolute Gasteiger partial charge is 0.379 e. The third kappa shape index (κ3) is 4.37. The molecular weight excluding hydrogens is 356 g/mol. The number of amidine groups is 1. The number of rotatable bonds is 5. The monoisotopic (exact) mass is 378 g/mol. The van der Waals surface area contributed by atoms with Gasteiger partial charge in [0.15, 0.2) is 11.0 Å². The number of Topliss-reactive ketones (excluding diaryl/α,β-unsaturated/α-hetero) is 1. The quantitative estimate of drug-likeness (QED) is 0.485. The van der Waals surface area contributed by atoms with Crippen molar-refractivity contribution >= 4 is 22.7 Å². The minimum Gasteiger partial charge on any atom is -0.379 e. The van der Waals surface area contributed by atoms with Crippen LogP contribution in [0.3, 0.4) is 0 Å². The molecule has 3 rings (SSSR count). The Morgan fingerprint density at radius 3 is 2.74 bits per heavy atom. The Hall–Kier alpha value is -2.65. The van der Waals surface area contributed by atoms with Crippen molar-refractivity contribution in [2.45, 2.75) is 37.6 Å². The molecule has 2 N–H and O–H groups in total. The van der Waals surface area contributed by atoms with Crippen molar-refractivity contribution in [3.05, 3.63) is 65.0 Å². The van der Waals surface area contributed by atoms with Gasteiger partial charge in [-0.25, -0.2) is 0 Å². The van der Waals surface area contributed by atoms with E-state index in [0.717, 1.165) is 36.8 Å². The molecule has 0 unspecified atom stereocenters. The fourth-order valence-electron chi connectivity index (χ4n) is 3.55. The molecule has 1 saturated carbocycles. The first-order valence-electron chi connectivity index (χ1n) is 8.94. The van der Waals surface area contributed by atoms with E-state index in [-0.39, 0.29) is 17.7 Å². The smallest absolute Gasteiger partial charge is 0.185 e. The lowest BCUT2D eigenvalue weighted by atomic mass is 9.87. The number of hydrogen-bond acceptors (Lipinski definition) is 5. The Bertz CT molecular complexity index is 893. The highest BCUT2D eigenvalue weighted by atomic mass is 32.2. The number of benzene rings is 1. The zero-order chi connectivity index (χ0) is 19.3. The lowest BCUT2D eigenvalue weighted by Crippen LogP contribution is -2.23. The summed E-state index contributed by atoms with van der Waals surface area (Å²) in [6.07, 6.45) is 7.83. The van der Waals surface area contributed by atoms with Crippen molar-refractivity contribution in [2.24, 2.45) is 10.7 Å². The molecule has 138 valence electrons. The summed E-state index contributed by atoms with van der Waals surface area (Å²) in [5, 5.41) is 9.44. The first-order chi connectivity index (χ1) is 13.1. The van der Waals surface area contributed by atoms with Crippen molar-refractivity contribution in [1.82, 2.24) is 4.98 Å². The predicted molar refractivity (Wildman–Crippen MR) is 109 cm³/mol. The molecule has 0 spiro atoms. The molecular formula is C21H22N4OS. The molecule has 5 nitrogen and oxygen atoms in total. The topological polar surface area (TPSA) is 92.1 Å². The molecule has 1 aliphatic rings. The molecule has 1 aliphatic carbocycles. The van der Waals surface area contributed by atoms with Gasteiger partial charge in [0.05, 0.1) is 11.1 Å². The lowest BCUT2D eigenvalue weighted by molar-refractivity contribution is 0.0988. The van der Waals surface area contributed by atoms with Gasteiger partial charge in [-0.05, 0) is 42.4 Å². The van der Waals surface area contributed by atoms with Gasteiger partial charge >= 0.3 is 0 Å². The Labute approximate surface area is 163 Å². The molecule has 0 aliphatic heterocycles. The number of aromatic nitrogens is 1. The summed E-state index contributed by atoms with van der Waals surface area (Å²) < 4.78 is 0. The van der Waals surface area contributed by atoms with Gasteiger partial charge in [0, 0.05) is 12.6 Å². The highest BCUT2D eigenvalue weighted by Crippen LogP contribution is 2.43. The fraction of sp³-hybridized carbons (Fsp3) is 0.333. The van der Waals surface area contributed by atoms with Crippen LogP contribution in [0, 0.1) is 11.3 Å². The van der Waals surface area contributed by atoms with Crippen LogP contribution in [-0.4, -0.2) is 22.2 Å². The standard InChI is InChI=1S/C21H22N4OS/c1-27-20(23)25-21(9-2-3-10-21)17-6-4-5-15(11-17)12-19(26)18-8-7-16(13-22)14-24-18/h4-8,11,14H,2-3,9-10,12H2,1H3,(H2,23,25). The second-order valence-electron chi connectivity index (χ2n) is 6.74. The van der Waals surface area contributed by atoms with Crippen LogP contribution in [-0.2, 0) is 12.0 Å². The third-order valence-electron chi connectivity index (χ3n) is 4.97. The molecule has 1 fully saturated rings. The van der Waals surface area contributed by atoms with E-state index in [0.29, 0.717) is 16.4 Å². The van der Waals surface area contributed by atoms with Crippen molar-refractivity contribution in [1.29, 1.82) is 5.26 Å². The average Bonchev–Trinajstić information content (AvgIpc) is 3.17. The summed E-state index contributed by atoms with van der Waals surface area (Å²) >= 11 is 1.46. The summed E-state index contributed by atoms with van der Waals surface area (Å²) in [7, 11) is 0. The minimum absolute atomic E-state index is 0.0655. The molecule has 0 bridgehead atoms. The van der Waals surface area contributed by atoms with E-state index in [1.54, 1.807) is 12.1 Å². The summed E-state index contributed by atoms with van der Waals surface area (Å²) in [6, 6.07) is 13.3. The maximum Gasteiger partial charge on any atom is 0.185 e. The highest BCUT2D eigenvalue weighted by Gasteiger charge is 2.35. The van der Waals surface area contributed by atoms with Crippen LogP contribution in [0.4, 0.5) is 0 Å². The zero-order valence-electron chi connectivity index (χ0n) is 15.3. The van der Waals surface area contributed by atoms with Crippen molar-refractivity contribution < 1.29 is 4.79 Å². The van der Waals surface area contributed by atoms with Crippen LogP contribution in [0.5, 0.6) is 0 Å². The lowest BCUT2D eigenvalue weighted by Gasteiger charge is -2.26. The van der Waals surface area contributed by atoms with Crippen molar-refractivity contribution in [3.8, 4) is 6.07 Å². The van der Waals surface area contributed by atoms with Crippen LogP contribution in [0.15, 0.2) is 47.6 Å². The second kappa shape index (κ2) is 8.36. The van der Waals surface area contributed by atoms with Gasteiger partial charge in [0.1, 0.15) is 11.8 Å². The van der Waals surface area contributed by atoms with Crippen LogP contribution >= 0.6 is 11.8 Å². The molecule has 2 aromatic rings. The molecule has 0 saturated heterocycles. The molecule has 6 heteroatoms. The second-order valence-corrected chi connectivity index (χ2v) is 7.56. The zero-order valence-corrected chi connectivity index (χ0v) is 16.1. The SMILES string of the molecule is CSC(N)=NC1(c2cccc(CC(=O)c3ccc(C#N)cn3)c2)CCCC1. The van der Waals surface area contributed by atoms with Crippen LogP contribution in [0.1, 0.15) is 52.9 Å². The highest BCUT2D eigenvalue weighted by molar-refractivity contribution is 8.13. The third-order valence-corrected chi connectivity index (χ3v) is 5.48. The normalized spacial score (nSPS) is 16.1. The Kier molecular flexibility index (Phi) is 5.92. The number of nitrogens with two attached hydrogens (primary N) is 1. The van der Waals surface area contributed by atoms with E-state index in [1.165, 1.54) is 18.0 Å². The van der Waals surface area contributed by atoms with Crippen LogP contribution in [0.2, 0.25) is 0 Å². The minimum atomic E-state index is -0.279. The Morgan fingerprint density at radius 1 is 1.33 bits per heavy atom. The van der Waals surface area contributed by atoms with Gasteiger partial charge in [-0.2, -0.15) is 5.26 Å². The Morgan fingerprint density at radius 2 is 2.11 bits per heavy atom. The van der Waals surface area contributed by atoms with Gasteiger partial charge < -0.3 is 5.73 Å². The van der Waals surface area contributed by atoms with Crippen molar-refractivity contribution in [3.63, 3.8) is 0 Å². The summed E-state index contributed by atoms with van der Waals surface area (Å²) in [6.45, 7) is 0. The maximum absolute atomic E-state index is 12.6. The number of carbonyl (C=O) groups is 1. The van der Waals surface area contributed by atoms with Gasteiger partial charge in [0.2, 0.25) is 0 Å². The van der Waals surface area contributed by atoms with E-state index in [2.05, 4.69) is 17.1 Å². The van der Waals surface area contributed by atoms with Gasteiger partial charge in [-0.1, -0.05) is 48.9 Å². The molecule has 1 heterocycles. The van der Waals surface area contributed by atoms with E-state index >= 15 is 0 Å². The number of aliphatic imine (C=N–C) groups is 1. The molecule has 0 radical (unpaired) electrons. The number of nitriles is 1. The number of hydrogen-bond donors (Lipinski definition) is 1. The first-order valence-corrected chi connectivity index (χ1v) is 10.2. The summed E-state index contributed by atoms with van der Waals surface area (Å²) in [4.78, 5) is 21.5. The number of nitrogens with zero attached hydrogens (tertiary/aromatic N) is 3. The van der Waals surface area contributed by atoms with E-state index in [9.17, 15) is 4.79 Å². The first kappa shape index (κ1) is 19.1. The number of ketones is 1. The molecule has 0 amide bonds. The van der Waals surface area contributed by atoms with Gasteiger partial charge in [-0.15, -0.1) is 0 Å². The summed E-state index contributed by atoms with van der Waals surface area (Å²) in [5.74, 6) is -0.0655. The average molecular weight is 379 g/mol. The van der Waals surface area contributed by atoms with Gasteiger partial charge in [-0.3, -0.25) is 14.8 Å². The Balaban J connectivity index is 1.84. The van der Waals surface area contributed by atoms with E-state index < -0.39 is 0 Å². The van der Waals surface area contributed by atoms with Gasteiger partial charge in [0.25, 0.3) is 0 Å². The predicted octanol–water partition coefficient (Wildman–Crippen LogP) is 3.83. The molecule has 27 heavy (non-hydrogen) atoms. The fourth-order valence-corrected chi connectivity index (χ4v) is 3.82. The maximum atomic E-state index is 12.6. The van der Waals surface area contributed by atoms with Crippen molar-refractivity contribution in [2.75, 3.05) is 6.26 Å². The van der Waals surface area contributed by atoms with Crippen LogP contribution in [0.25, 0.3) is 0 Å². The van der Waals surface area contributed by atoms with Crippen LogP contribution < -0.4 is 5.73 Å². The van der Waals surface area contributed by atoms with E-state index in [4.69, 9.17) is 16.0 Å². The molecule has 0 atom stereocenters. The number of thioether (sulfide) groups is 1. The number of pyridine rings is 1. The van der Waals surface area contributed by atoms with E-state index in [1.807, 2.05) is 24.5 Å².